The standard InChI is InChI=1S/C14H14FNO3/c15-11-7-5-10(6-8-11)12-9-19-13(16-12)3-1-2-4-14(17)18/h5-9H,1-4H2,(H,17,18). The highest BCUT2D eigenvalue weighted by atomic mass is 19.1. The molecule has 4 nitrogen and oxygen atoms in total. The topological polar surface area (TPSA) is 63.3 Å². The Morgan fingerprint density at radius 2 is 2.00 bits per heavy atom. The van der Waals surface area contributed by atoms with Crippen molar-refractivity contribution in [3.63, 3.8) is 0 Å². The van der Waals surface area contributed by atoms with Crippen LogP contribution in [0.2, 0.25) is 0 Å². The third-order valence-corrected chi connectivity index (χ3v) is 2.72. The Bertz CT molecular complexity index is 548. The van der Waals surface area contributed by atoms with Crippen LogP contribution in [0.4, 0.5) is 4.39 Å². The van der Waals surface area contributed by atoms with Crippen molar-refractivity contribution in [2.75, 3.05) is 0 Å². The predicted octanol–water partition coefficient (Wildman–Crippen LogP) is 3.28. The Hall–Kier alpha value is -2.17. The van der Waals surface area contributed by atoms with Gasteiger partial charge in [0.25, 0.3) is 0 Å². The fraction of sp³-hybridized carbons (Fsp3) is 0.286. The highest BCUT2D eigenvalue weighted by Crippen LogP contribution is 2.19. The first-order valence-corrected chi connectivity index (χ1v) is 6.07. The molecule has 0 aliphatic heterocycles. The van der Waals surface area contributed by atoms with Crippen molar-refractivity contribution in [1.29, 1.82) is 0 Å². The van der Waals surface area contributed by atoms with E-state index in [9.17, 15) is 9.18 Å². The molecular formula is C14H14FNO3. The molecule has 19 heavy (non-hydrogen) atoms. The Morgan fingerprint density at radius 1 is 1.26 bits per heavy atom. The van der Waals surface area contributed by atoms with Gasteiger partial charge in [-0.15, -0.1) is 0 Å². The van der Waals surface area contributed by atoms with Crippen molar-refractivity contribution in [2.24, 2.45) is 0 Å². The fourth-order valence-corrected chi connectivity index (χ4v) is 1.73. The van der Waals surface area contributed by atoms with E-state index >= 15 is 0 Å². The number of halogens is 1. The summed E-state index contributed by atoms with van der Waals surface area (Å²) in [6, 6.07) is 6.02. The number of unbranched alkanes of at least 4 members (excludes halogenated alkanes) is 1. The fourth-order valence-electron chi connectivity index (χ4n) is 1.73. The Kier molecular flexibility index (Phi) is 4.28. The van der Waals surface area contributed by atoms with E-state index in [-0.39, 0.29) is 12.2 Å². The minimum atomic E-state index is -0.792. The van der Waals surface area contributed by atoms with Crippen molar-refractivity contribution in [1.82, 2.24) is 4.98 Å². The summed E-state index contributed by atoms with van der Waals surface area (Å²) in [7, 11) is 0. The zero-order chi connectivity index (χ0) is 13.7. The number of nitrogens with zero attached hydrogens (tertiary/aromatic N) is 1. The number of rotatable bonds is 6. The van der Waals surface area contributed by atoms with Crippen LogP contribution in [0.3, 0.4) is 0 Å². The molecule has 0 spiro atoms. The number of aromatic nitrogens is 1. The van der Waals surface area contributed by atoms with Crippen LogP contribution in [0.15, 0.2) is 34.9 Å². The second-order valence-corrected chi connectivity index (χ2v) is 4.23. The Balaban J connectivity index is 1.91. The predicted molar refractivity (Wildman–Crippen MR) is 67.1 cm³/mol. The number of aryl methyl sites for hydroxylation is 1. The quantitative estimate of drug-likeness (QED) is 0.812. The second-order valence-electron chi connectivity index (χ2n) is 4.23. The summed E-state index contributed by atoms with van der Waals surface area (Å²) in [5.41, 5.74) is 1.45. The molecule has 1 aromatic carbocycles. The van der Waals surface area contributed by atoms with Gasteiger partial charge < -0.3 is 9.52 Å². The van der Waals surface area contributed by atoms with Gasteiger partial charge in [-0.1, -0.05) is 0 Å². The van der Waals surface area contributed by atoms with Gasteiger partial charge in [-0.3, -0.25) is 4.79 Å². The smallest absolute Gasteiger partial charge is 0.303 e. The monoisotopic (exact) mass is 263 g/mol. The van der Waals surface area contributed by atoms with Crippen LogP contribution in [0, 0.1) is 5.82 Å². The molecule has 0 unspecified atom stereocenters. The van der Waals surface area contributed by atoms with Crippen LogP contribution in [0.1, 0.15) is 25.2 Å². The maximum Gasteiger partial charge on any atom is 0.303 e. The highest BCUT2D eigenvalue weighted by molar-refractivity contribution is 5.66. The number of carbonyl (C=O) groups is 1. The van der Waals surface area contributed by atoms with Crippen LogP contribution in [0.5, 0.6) is 0 Å². The maximum absolute atomic E-state index is 12.8. The normalized spacial score (nSPS) is 10.6. The van der Waals surface area contributed by atoms with Crippen molar-refractivity contribution in [3.8, 4) is 11.3 Å². The molecule has 2 rings (SSSR count). The zero-order valence-corrected chi connectivity index (χ0v) is 10.3. The van der Waals surface area contributed by atoms with Crippen molar-refractivity contribution >= 4 is 5.97 Å². The maximum atomic E-state index is 12.8. The van der Waals surface area contributed by atoms with E-state index in [1.807, 2.05) is 0 Å². The van der Waals surface area contributed by atoms with Gasteiger partial charge in [-0.2, -0.15) is 0 Å². The lowest BCUT2D eigenvalue weighted by atomic mass is 10.2. The molecular weight excluding hydrogens is 249 g/mol. The van der Waals surface area contributed by atoms with Crippen molar-refractivity contribution < 1.29 is 18.7 Å². The first-order chi connectivity index (χ1) is 9.15. The lowest BCUT2D eigenvalue weighted by molar-refractivity contribution is -0.137. The number of oxazole rings is 1. The molecule has 1 N–H and O–H groups in total. The summed E-state index contributed by atoms with van der Waals surface area (Å²) in [6.07, 6.45) is 3.61. The zero-order valence-electron chi connectivity index (χ0n) is 10.3. The molecule has 5 heteroatoms. The lowest BCUT2D eigenvalue weighted by Crippen LogP contribution is -1.95. The molecule has 0 saturated heterocycles. The number of hydrogen-bond acceptors (Lipinski definition) is 3. The summed E-state index contributed by atoms with van der Waals surface area (Å²) in [5, 5.41) is 8.52. The lowest BCUT2D eigenvalue weighted by Gasteiger charge is -1.95. The molecule has 1 heterocycles. The van der Waals surface area contributed by atoms with Crippen LogP contribution < -0.4 is 0 Å². The molecule has 0 saturated carbocycles. The molecule has 2 aromatic rings. The van der Waals surface area contributed by atoms with Crippen molar-refractivity contribution in [2.45, 2.75) is 25.7 Å². The van der Waals surface area contributed by atoms with Crippen molar-refractivity contribution in [3.05, 3.63) is 42.2 Å². The number of benzene rings is 1. The van der Waals surface area contributed by atoms with E-state index in [4.69, 9.17) is 9.52 Å². The van der Waals surface area contributed by atoms with Gasteiger partial charge in [0.05, 0.1) is 0 Å². The first kappa shape index (κ1) is 13.3. The van der Waals surface area contributed by atoms with E-state index < -0.39 is 5.97 Å². The summed E-state index contributed by atoms with van der Waals surface area (Å²) in [4.78, 5) is 14.6. The van der Waals surface area contributed by atoms with Gasteiger partial charge in [-0.25, -0.2) is 9.37 Å². The Labute approximate surface area is 109 Å². The largest absolute Gasteiger partial charge is 0.481 e. The number of carboxylic acid groups (broad SMARTS) is 1. The van der Waals surface area contributed by atoms with E-state index in [0.29, 0.717) is 24.4 Å². The van der Waals surface area contributed by atoms with Gasteiger partial charge in [-0.05, 0) is 37.1 Å². The summed E-state index contributed by atoms with van der Waals surface area (Å²) >= 11 is 0. The molecule has 100 valence electrons. The summed E-state index contributed by atoms with van der Waals surface area (Å²) < 4.78 is 18.1. The molecule has 0 aliphatic carbocycles. The molecule has 1 aromatic heterocycles. The SMILES string of the molecule is O=C(O)CCCCc1nc(-c2ccc(F)cc2)co1. The van der Waals surface area contributed by atoms with Crippen LogP contribution in [-0.2, 0) is 11.2 Å². The summed E-state index contributed by atoms with van der Waals surface area (Å²) in [5.74, 6) is -0.509. The summed E-state index contributed by atoms with van der Waals surface area (Å²) in [6.45, 7) is 0. The highest BCUT2D eigenvalue weighted by Gasteiger charge is 2.06. The average Bonchev–Trinajstić information content (AvgIpc) is 2.84. The third-order valence-electron chi connectivity index (χ3n) is 2.72. The van der Waals surface area contributed by atoms with E-state index in [1.165, 1.54) is 18.4 Å². The minimum absolute atomic E-state index is 0.158. The molecule has 0 radical (unpaired) electrons. The third kappa shape index (κ3) is 3.91. The van der Waals surface area contributed by atoms with Gasteiger partial charge in [0.2, 0.25) is 0 Å². The number of hydrogen-bond donors (Lipinski definition) is 1. The van der Waals surface area contributed by atoms with Gasteiger partial charge in [0.1, 0.15) is 17.8 Å². The minimum Gasteiger partial charge on any atom is -0.481 e. The average molecular weight is 263 g/mol. The van der Waals surface area contributed by atoms with Crippen LogP contribution in [0.25, 0.3) is 11.3 Å². The number of carboxylic acids is 1. The Morgan fingerprint density at radius 3 is 2.68 bits per heavy atom. The van der Waals surface area contributed by atoms with Gasteiger partial charge in [0, 0.05) is 18.4 Å². The second kappa shape index (κ2) is 6.13. The molecule has 0 bridgehead atoms. The molecule has 0 fully saturated rings. The number of aliphatic carboxylic acids is 1. The van der Waals surface area contributed by atoms with Crippen LogP contribution in [-0.4, -0.2) is 16.1 Å². The molecule has 0 atom stereocenters. The van der Waals surface area contributed by atoms with E-state index in [0.717, 1.165) is 12.0 Å². The van der Waals surface area contributed by atoms with E-state index in [1.54, 1.807) is 12.1 Å². The van der Waals surface area contributed by atoms with E-state index in [2.05, 4.69) is 4.98 Å². The van der Waals surface area contributed by atoms with Crippen LogP contribution >= 0.6 is 0 Å². The molecule has 0 amide bonds. The van der Waals surface area contributed by atoms with Gasteiger partial charge in [0.15, 0.2) is 5.89 Å². The van der Waals surface area contributed by atoms with Gasteiger partial charge >= 0.3 is 5.97 Å². The molecule has 0 aliphatic rings. The first-order valence-electron chi connectivity index (χ1n) is 6.07.